The first-order valence-electron chi connectivity index (χ1n) is 7.01. The van der Waals surface area contributed by atoms with Crippen molar-refractivity contribution in [2.75, 3.05) is 19.6 Å². The number of amides is 2. The Kier molecular flexibility index (Phi) is 4.70. The van der Waals surface area contributed by atoms with Gasteiger partial charge in [0, 0.05) is 32.8 Å². The van der Waals surface area contributed by atoms with Gasteiger partial charge >= 0.3 is 0 Å². The average Bonchev–Trinajstić information content (AvgIpc) is 2.84. The van der Waals surface area contributed by atoms with E-state index in [0.717, 1.165) is 18.5 Å². The number of carbonyl (C=O) groups excluding carboxylic acids is 2. The summed E-state index contributed by atoms with van der Waals surface area (Å²) < 4.78 is 1.61. The van der Waals surface area contributed by atoms with Gasteiger partial charge in [0.15, 0.2) is 0 Å². The van der Waals surface area contributed by atoms with Crippen LogP contribution in [0.25, 0.3) is 0 Å². The molecule has 20 heavy (non-hydrogen) atoms. The summed E-state index contributed by atoms with van der Waals surface area (Å²) in [5, 5.41) is 7.84. The van der Waals surface area contributed by atoms with Crippen molar-refractivity contribution in [1.82, 2.24) is 24.8 Å². The maximum Gasteiger partial charge on any atom is 0.242 e. The molecular formula is C13H21N5O2. The van der Waals surface area contributed by atoms with Crippen molar-refractivity contribution < 1.29 is 9.59 Å². The van der Waals surface area contributed by atoms with Crippen molar-refractivity contribution >= 4 is 11.8 Å². The smallest absolute Gasteiger partial charge is 0.242 e. The summed E-state index contributed by atoms with van der Waals surface area (Å²) in [4.78, 5) is 27.4. The first-order chi connectivity index (χ1) is 9.60. The van der Waals surface area contributed by atoms with Crippen LogP contribution < -0.4 is 0 Å². The number of hydrogen-bond donors (Lipinski definition) is 0. The third-order valence-corrected chi connectivity index (χ3v) is 3.48. The number of piperidine rings is 1. The topological polar surface area (TPSA) is 71.3 Å². The van der Waals surface area contributed by atoms with Crippen LogP contribution in [0, 0.1) is 0 Å². The van der Waals surface area contributed by atoms with Crippen LogP contribution in [-0.2, 0) is 23.2 Å². The van der Waals surface area contributed by atoms with Crippen molar-refractivity contribution in [2.45, 2.75) is 32.7 Å². The van der Waals surface area contributed by atoms with Crippen LogP contribution in [0.1, 0.15) is 31.9 Å². The van der Waals surface area contributed by atoms with E-state index in [1.807, 2.05) is 6.92 Å². The molecule has 0 atom stereocenters. The molecule has 0 radical (unpaired) electrons. The molecule has 1 aromatic rings. The fourth-order valence-electron chi connectivity index (χ4n) is 2.33. The Hall–Kier alpha value is -1.92. The van der Waals surface area contributed by atoms with Crippen LogP contribution in [0.5, 0.6) is 0 Å². The highest BCUT2D eigenvalue weighted by Gasteiger charge is 2.23. The molecule has 1 saturated heterocycles. The van der Waals surface area contributed by atoms with Gasteiger partial charge in [-0.05, 0) is 19.8 Å². The molecule has 0 aromatic carbocycles. The molecule has 1 aliphatic heterocycles. The number of likely N-dealkylation sites (tertiary alicyclic amines) is 1. The lowest BCUT2D eigenvalue weighted by atomic mass is 10.1. The maximum absolute atomic E-state index is 12.3. The zero-order valence-electron chi connectivity index (χ0n) is 12.1. The Morgan fingerprint density at radius 3 is 2.85 bits per heavy atom. The first kappa shape index (κ1) is 14.5. The second-order valence-corrected chi connectivity index (χ2v) is 5.06. The lowest BCUT2D eigenvalue weighted by Gasteiger charge is -2.29. The summed E-state index contributed by atoms with van der Waals surface area (Å²) >= 11 is 0. The lowest BCUT2D eigenvalue weighted by Crippen LogP contribution is -2.44. The van der Waals surface area contributed by atoms with Gasteiger partial charge in [0.05, 0.1) is 13.1 Å². The van der Waals surface area contributed by atoms with Gasteiger partial charge < -0.3 is 9.80 Å². The van der Waals surface area contributed by atoms with Crippen LogP contribution in [0.3, 0.4) is 0 Å². The second-order valence-electron chi connectivity index (χ2n) is 5.06. The van der Waals surface area contributed by atoms with Gasteiger partial charge in [0.2, 0.25) is 11.8 Å². The summed E-state index contributed by atoms with van der Waals surface area (Å²) in [5.41, 5.74) is 0.757. The maximum atomic E-state index is 12.3. The first-order valence-corrected chi connectivity index (χ1v) is 7.01. The molecule has 0 saturated carbocycles. The quantitative estimate of drug-likeness (QED) is 0.770. The molecular weight excluding hydrogens is 258 g/mol. The van der Waals surface area contributed by atoms with Crippen LogP contribution >= 0.6 is 0 Å². The van der Waals surface area contributed by atoms with Crippen molar-refractivity contribution in [2.24, 2.45) is 7.05 Å². The van der Waals surface area contributed by atoms with Crippen LogP contribution in [0.4, 0.5) is 0 Å². The summed E-state index contributed by atoms with van der Waals surface area (Å²) in [7, 11) is 1.79. The Morgan fingerprint density at radius 2 is 2.25 bits per heavy atom. The van der Waals surface area contributed by atoms with E-state index in [1.54, 1.807) is 27.7 Å². The highest BCUT2D eigenvalue weighted by Crippen LogP contribution is 2.11. The van der Waals surface area contributed by atoms with Gasteiger partial charge in [0.1, 0.15) is 5.69 Å². The number of aromatic nitrogens is 3. The average molecular weight is 279 g/mol. The van der Waals surface area contributed by atoms with Gasteiger partial charge in [-0.15, -0.1) is 5.10 Å². The second kappa shape index (κ2) is 6.49. The van der Waals surface area contributed by atoms with E-state index in [0.29, 0.717) is 26.1 Å². The molecule has 0 N–H and O–H groups in total. The predicted molar refractivity (Wildman–Crippen MR) is 72.5 cm³/mol. The van der Waals surface area contributed by atoms with Crippen molar-refractivity contribution in [3.63, 3.8) is 0 Å². The summed E-state index contributed by atoms with van der Waals surface area (Å²) in [6.07, 6.45) is 4.27. The Bertz CT molecular complexity index is 485. The van der Waals surface area contributed by atoms with Gasteiger partial charge in [-0.2, -0.15) is 0 Å². The van der Waals surface area contributed by atoms with Gasteiger partial charge in [-0.1, -0.05) is 5.21 Å². The van der Waals surface area contributed by atoms with E-state index in [1.165, 1.54) is 0 Å². The minimum atomic E-state index is -0.0339. The van der Waals surface area contributed by atoms with Crippen molar-refractivity contribution in [3.8, 4) is 0 Å². The van der Waals surface area contributed by atoms with Crippen molar-refractivity contribution in [3.05, 3.63) is 11.9 Å². The summed E-state index contributed by atoms with van der Waals surface area (Å²) in [5.74, 6) is 0.0496. The van der Waals surface area contributed by atoms with Crippen LogP contribution in [0.15, 0.2) is 6.20 Å². The Balaban J connectivity index is 1.93. The molecule has 1 fully saturated rings. The molecule has 0 bridgehead atoms. The summed E-state index contributed by atoms with van der Waals surface area (Å²) in [6, 6.07) is 0. The summed E-state index contributed by atoms with van der Waals surface area (Å²) in [6.45, 7) is 3.81. The molecule has 1 aromatic heterocycles. The molecule has 7 heteroatoms. The predicted octanol–water partition coefficient (Wildman–Crippen LogP) is 0.176. The van der Waals surface area contributed by atoms with Gasteiger partial charge in [-0.3, -0.25) is 14.3 Å². The number of likely N-dealkylation sites (N-methyl/N-ethyl adjacent to an activating group) is 1. The fourth-order valence-corrected chi connectivity index (χ4v) is 2.33. The minimum Gasteiger partial charge on any atom is -0.335 e. The third kappa shape index (κ3) is 3.55. The van der Waals surface area contributed by atoms with Gasteiger partial charge in [-0.25, -0.2) is 0 Å². The Morgan fingerprint density at radius 1 is 1.45 bits per heavy atom. The van der Waals surface area contributed by atoms with Gasteiger partial charge in [0.25, 0.3) is 0 Å². The molecule has 2 rings (SSSR count). The van der Waals surface area contributed by atoms with Crippen LogP contribution in [0.2, 0.25) is 0 Å². The van der Waals surface area contributed by atoms with E-state index in [9.17, 15) is 9.59 Å². The van der Waals surface area contributed by atoms with Crippen molar-refractivity contribution in [1.29, 1.82) is 0 Å². The highest BCUT2D eigenvalue weighted by molar-refractivity contribution is 5.85. The molecule has 7 nitrogen and oxygen atoms in total. The number of rotatable bonds is 5. The van der Waals surface area contributed by atoms with E-state index in [2.05, 4.69) is 10.3 Å². The standard InChI is InChI=1S/C13H21N5O2/c1-3-17(9-11-8-16(2)15-14-11)13(20)10-18-7-5-4-6-12(18)19/h8H,3-7,9-10H2,1-2H3. The van der Waals surface area contributed by atoms with E-state index < -0.39 is 0 Å². The number of aryl methyl sites for hydroxylation is 1. The zero-order chi connectivity index (χ0) is 14.5. The number of carbonyl (C=O) groups is 2. The third-order valence-electron chi connectivity index (χ3n) is 3.48. The molecule has 0 aliphatic carbocycles. The minimum absolute atomic E-state index is 0.0339. The molecule has 2 heterocycles. The van der Waals surface area contributed by atoms with E-state index in [4.69, 9.17) is 0 Å². The number of hydrogen-bond acceptors (Lipinski definition) is 4. The van der Waals surface area contributed by atoms with Crippen LogP contribution in [-0.4, -0.2) is 56.2 Å². The fraction of sp³-hybridized carbons (Fsp3) is 0.692. The molecule has 1 aliphatic rings. The zero-order valence-corrected chi connectivity index (χ0v) is 12.1. The molecule has 110 valence electrons. The monoisotopic (exact) mass is 279 g/mol. The normalized spacial score (nSPS) is 15.5. The SMILES string of the molecule is CCN(Cc1cn(C)nn1)C(=O)CN1CCCCC1=O. The number of nitrogens with zero attached hydrogens (tertiary/aromatic N) is 5. The lowest BCUT2D eigenvalue weighted by molar-refractivity contribution is -0.142. The molecule has 2 amide bonds. The van der Waals surface area contributed by atoms with E-state index >= 15 is 0 Å². The molecule has 0 spiro atoms. The van der Waals surface area contributed by atoms with E-state index in [-0.39, 0.29) is 18.4 Å². The Labute approximate surface area is 118 Å². The largest absolute Gasteiger partial charge is 0.335 e. The highest BCUT2D eigenvalue weighted by atomic mass is 16.2. The molecule has 0 unspecified atom stereocenters.